The van der Waals surface area contributed by atoms with E-state index in [1.807, 2.05) is 0 Å². The third-order valence-electron chi connectivity index (χ3n) is 7.93. The summed E-state index contributed by atoms with van der Waals surface area (Å²) < 4.78 is 304. The third kappa shape index (κ3) is 4.91. The average Bonchev–Trinajstić information content (AvgIpc) is 3.74. The van der Waals surface area contributed by atoms with E-state index in [9.17, 15) is 74.6 Å². The Hall–Kier alpha value is -5.05. The summed E-state index contributed by atoms with van der Waals surface area (Å²) in [6.07, 6.45) is -18.6. The van der Waals surface area contributed by atoms with Crippen molar-refractivity contribution in [1.82, 2.24) is 24.8 Å². The number of aromatic nitrogens is 4. The van der Waals surface area contributed by atoms with Crippen LogP contribution in [0.4, 0.5) is 97.9 Å². The van der Waals surface area contributed by atoms with Gasteiger partial charge in [-0.25, -0.2) is 58.1 Å². The molecule has 28 heteroatoms. The highest BCUT2D eigenvalue weighted by molar-refractivity contribution is 6.61. The van der Waals surface area contributed by atoms with Crippen LogP contribution in [0, 0.1) is 69.8 Å². The number of nitrogens with zero attached hydrogens (tertiary/aromatic N) is 5. The topological polar surface area (TPSA) is 50.9 Å². The molecule has 284 valence electrons. The van der Waals surface area contributed by atoms with Crippen molar-refractivity contribution in [3.63, 3.8) is 0 Å². The molecule has 53 heavy (non-hydrogen) atoms. The van der Waals surface area contributed by atoms with Crippen molar-refractivity contribution in [3.8, 4) is 0 Å². The normalized spacial score (nSPS) is 16.8. The van der Waals surface area contributed by atoms with Crippen molar-refractivity contribution in [2.24, 2.45) is 0 Å². The first kappa shape index (κ1) is 37.7. The van der Waals surface area contributed by atoms with Gasteiger partial charge in [0.25, 0.3) is 0 Å². The second-order valence-electron chi connectivity index (χ2n) is 11.0. The van der Waals surface area contributed by atoms with Crippen LogP contribution in [0.3, 0.4) is 0 Å². The van der Waals surface area contributed by atoms with Crippen molar-refractivity contribution in [1.29, 1.82) is 0 Å². The van der Waals surface area contributed by atoms with Crippen LogP contribution in [-0.2, 0) is 17.9 Å². The van der Waals surface area contributed by atoms with Gasteiger partial charge in [-0.1, -0.05) is 0 Å². The summed E-state index contributed by atoms with van der Waals surface area (Å²) in [5, 5.41) is -0.0565. The molecule has 1 N–H and O–H groups in total. The van der Waals surface area contributed by atoms with E-state index < -0.39 is 160 Å². The molecule has 1 unspecified atom stereocenters. The number of alkyl halides is 9. The zero-order chi connectivity index (χ0) is 40.0. The lowest BCUT2D eigenvalue weighted by atomic mass is 9.88. The molecule has 1 atom stereocenters. The molecule has 0 saturated carbocycles. The highest BCUT2D eigenvalue weighted by Gasteiger charge is 2.64. The summed E-state index contributed by atoms with van der Waals surface area (Å²) in [6, 6.07) is 0. The van der Waals surface area contributed by atoms with Crippen LogP contribution in [-0.4, -0.2) is 32.7 Å². The predicted octanol–water partition coefficient (Wildman–Crippen LogP) is 8.28. The summed E-state index contributed by atoms with van der Waals surface area (Å²) >= 11 is 0. The Balaban J connectivity index is 1.93. The summed E-state index contributed by atoms with van der Waals surface area (Å²) in [6.45, 7) is -0.266. The molecular weight excluding hydrogens is 794 g/mol. The summed E-state index contributed by atoms with van der Waals surface area (Å²) in [4.78, 5) is -1.01. The molecule has 0 bridgehead atoms. The smallest absolute Gasteiger partial charge is 0.302 e. The number of hydrogen-bond donors (Lipinski definition) is 1. The van der Waals surface area contributed by atoms with Crippen LogP contribution in [0.25, 0.3) is 21.8 Å². The maximum absolute atomic E-state index is 15.5. The maximum atomic E-state index is 15.5. The fraction of sp³-hybridized carbons (Fsp3) is 0.200. The van der Waals surface area contributed by atoms with Gasteiger partial charge in [0, 0.05) is 5.56 Å². The van der Waals surface area contributed by atoms with E-state index in [-0.39, 0.29) is 6.92 Å². The first-order valence-electron chi connectivity index (χ1n) is 13.2. The molecule has 6 nitrogen and oxygen atoms in total. The fourth-order valence-corrected chi connectivity index (χ4v) is 5.61. The van der Waals surface area contributed by atoms with Gasteiger partial charge in [0.05, 0.1) is 16.5 Å². The highest BCUT2D eigenvalue weighted by Crippen LogP contribution is 2.51. The van der Waals surface area contributed by atoms with Gasteiger partial charge < -0.3 is 4.92 Å². The zero-order valence-corrected chi connectivity index (χ0v) is 24.3. The van der Waals surface area contributed by atoms with E-state index in [0.717, 1.165) is 5.43 Å². The Morgan fingerprint density at radius 1 is 0.491 bits per heavy atom. The summed E-state index contributed by atoms with van der Waals surface area (Å²) in [5.41, 5.74) is -19.3. The molecule has 5 aromatic rings. The van der Waals surface area contributed by atoms with E-state index in [1.54, 1.807) is 0 Å². The van der Waals surface area contributed by atoms with Crippen LogP contribution in [0.1, 0.15) is 23.9 Å². The largest absolute Gasteiger partial charge is 0.564 e. The molecule has 6 rings (SSSR count). The number of hydrogen-bond acceptors (Lipinski definition) is 4. The molecule has 0 fully saturated rings. The predicted molar refractivity (Wildman–Crippen MR) is 131 cm³/mol. The molecule has 1 aliphatic rings. The summed E-state index contributed by atoms with van der Waals surface area (Å²) in [5.74, 6) is -36.7. The van der Waals surface area contributed by atoms with Gasteiger partial charge in [0.15, 0.2) is 86.7 Å². The van der Waals surface area contributed by atoms with Gasteiger partial charge in [0.2, 0.25) is 0 Å². The monoisotopic (exact) mass is 798 g/mol. The van der Waals surface area contributed by atoms with E-state index >= 15 is 17.6 Å². The molecule has 3 heterocycles. The van der Waals surface area contributed by atoms with Gasteiger partial charge in [-0.05, 0) is 6.92 Å². The lowest BCUT2D eigenvalue weighted by Crippen LogP contribution is -2.62. The van der Waals surface area contributed by atoms with Gasteiger partial charge >= 0.3 is 25.6 Å². The number of hydrazine groups is 1. The molecule has 0 aliphatic carbocycles. The number of fused-ring (bicyclic) bond motifs is 3. The Morgan fingerprint density at radius 3 is 1.19 bits per heavy atom. The molecule has 3 aromatic carbocycles. The summed E-state index contributed by atoms with van der Waals surface area (Å²) in [7, 11) is -4.05. The molecule has 0 saturated heterocycles. The Kier molecular flexibility index (Phi) is 7.99. The van der Waals surface area contributed by atoms with Crippen molar-refractivity contribution < 1.29 is 92.2 Å². The van der Waals surface area contributed by atoms with Crippen LogP contribution >= 0.6 is 0 Å². The standard InChI is InChI=1S/C25H4BF21N6/c1-22(25(45,46)47)4-7(29)10(32)13(35)16(38)19(4)53(50-22)26(51-17-2(20(48-51)23(39,40)41)5(27)8(30)11(33)14(17)36)52-18-3(21(49-52)24(42,43)44)6(28)9(31)12(34)15(18)37/h50H,1H3. The molecule has 0 amide bonds. The van der Waals surface area contributed by atoms with E-state index in [1.165, 1.54) is 0 Å². The Bertz CT molecular complexity index is 2290. The van der Waals surface area contributed by atoms with E-state index in [0.29, 0.717) is 0 Å². The molecular formula is C25H4BF21N6. The van der Waals surface area contributed by atoms with E-state index in [4.69, 9.17) is 0 Å². The minimum absolute atomic E-state index is 0.266. The number of rotatable bonds is 3. The van der Waals surface area contributed by atoms with Crippen LogP contribution in [0.5, 0.6) is 0 Å². The minimum Gasteiger partial charge on any atom is -0.302 e. The molecule has 0 radical (unpaired) electrons. The number of anilines is 1. The zero-order valence-electron chi connectivity index (χ0n) is 24.3. The van der Waals surface area contributed by atoms with Crippen LogP contribution in [0.2, 0.25) is 0 Å². The molecule has 1 aliphatic heterocycles. The van der Waals surface area contributed by atoms with Gasteiger partial charge in [-0.3, -0.25) is 9.19 Å². The van der Waals surface area contributed by atoms with Gasteiger partial charge in [-0.15, -0.1) is 0 Å². The Morgan fingerprint density at radius 2 is 0.830 bits per heavy atom. The van der Waals surface area contributed by atoms with Gasteiger partial charge in [0.1, 0.15) is 11.0 Å². The Labute approximate surface area is 275 Å². The fourth-order valence-electron chi connectivity index (χ4n) is 5.61. The second kappa shape index (κ2) is 11.2. The SMILES string of the molecule is CC1(C(F)(F)F)NN(B(n2nc(C(F)(F)F)c3c(F)c(F)c(F)c(F)c32)n2nc(C(F)(F)F)c3c(F)c(F)c(F)c(F)c32)c2c(F)c(F)c(F)c(F)c21. The lowest BCUT2D eigenvalue weighted by Gasteiger charge is -2.32. The van der Waals surface area contributed by atoms with Crippen LogP contribution in [0.15, 0.2) is 0 Å². The lowest BCUT2D eigenvalue weighted by molar-refractivity contribution is -0.193. The maximum Gasteiger partial charge on any atom is 0.564 e. The van der Waals surface area contributed by atoms with Crippen molar-refractivity contribution >= 4 is 34.6 Å². The number of halogens is 21. The molecule has 0 spiro atoms. The second-order valence-corrected chi connectivity index (χ2v) is 11.0. The van der Waals surface area contributed by atoms with E-state index in [2.05, 4.69) is 10.2 Å². The average molecular weight is 798 g/mol. The number of nitrogens with one attached hydrogen (secondary N) is 1. The van der Waals surface area contributed by atoms with Crippen molar-refractivity contribution in [2.75, 3.05) is 4.92 Å². The van der Waals surface area contributed by atoms with Gasteiger partial charge in [-0.2, -0.15) is 49.7 Å². The molecule has 2 aromatic heterocycles. The highest BCUT2D eigenvalue weighted by atomic mass is 19.4. The van der Waals surface area contributed by atoms with Crippen LogP contribution < -0.4 is 10.3 Å². The van der Waals surface area contributed by atoms with Crippen molar-refractivity contribution in [3.05, 3.63) is 86.8 Å². The minimum atomic E-state index is -6.23. The first-order chi connectivity index (χ1) is 24.1. The third-order valence-corrected chi connectivity index (χ3v) is 7.93. The van der Waals surface area contributed by atoms with Crippen molar-refractivity contribution in [2.45, 2.75) is 31.0 Å². The quantitative estimate of drug-likeness (QED) is 0.0865. The first-order valence-corrected chi connectivity index (χ1v) is 13.2. The number of benzene rings is 3.